The van der Waals surface area contributed by atoms with Gasteiger partial charge in [-0.25, -0.2) is 0 Å². The zero-order valence-electron chi connectivity index (χ0n) is 5.87. The second kappa shape index (κ2) is 3.06. The van der Waals surface area contributed by atoms with Crippen molar-refractivity contribution in [1.29, 1.82) is 0 Å². The molecule has 49 valence electrons. The van der Waals surface area contributed by atoms with E-state index in [0.29, 0.717) is 6.42 Å². The van der Waals surface area contributed by atoms with E-state index in [0.717, 1.165) is 0 Å². The lowest BCUT2D eigenvalue weighted by Gasteiger charge is -2.15. The van der Waals surface area contributed by atoms with E-state index in [2.05, 4.69) is 20.8 Å². The summed E-state index contributed by atoms with van der Waals surface area (Å²) in [6.07, 6.45) is 2.58. The van der Waals surface area contributed by atoms with Crippen molar-refractivity contribution in [3.05, 3.63) is 6.42 Å². The largest absolute Gasteiger partial charge is 0.251 e. The highest BCUT2D eigenvalue weighted by Crippen LogP contribution is 2.18. The predicted octanol–water partition coefficient (Wildman–Crippen LogP) is 2.60. The number of hydrogen-bond acceptors (Lipinski definition) is 0. The maximum atomic E-state index is 11.5. The molecule has 0 heterocycles. The first-order valence-corrected chi connectivity index (χ1v) is 2.96. The van der Waals surface area contributed by atoms with Gasteiger partial charge in [0.05, 0.1) is 6.67 Å². The quantitative estimate of drug-likeness (QED) is 0.521. The van der Waals surface area contributed by atoms with Crippen LogP contribution in [-0.2, 0) is 0 Å². The minimum Gasteiger partial charge on any atom is -0.251 e. The Morgan fingerprint density at radius 1 is 1.38 bits per heavy atom. The van der Waals surface area contributed by atoms with Crippen LogP contribution in [-0.4, -0.2) is 6.67 Å². The van der Waals surface area contributed by atoms with Crippen molar-refractivity contribution in [1.82, 2.24) is 0 Å². The smallest absolute Gasteiger partial charge is 0.0897 e. The van der Waals surface area contributed by atoms with Crippen molar-refractivity contribution >= 4 is 0 Å². The average molecular weight is 117 g/mol. The van der Waals surface area contributed by atoms with Crippen LogP contribution in [0.15, 0.2) is 0 Å². The van der Waals surface area contributed by atoms with Crippen LogP contribution in [0.25, 0.3) is 0 Å². The SMILES string of the molecule is CC(C)(C)[CH]CCF. The highest BCUT2D eigenvalue weighted by Gasteiger charge is 2.08. The molecule has 8 heavy (non-hydrogen) atoms. The molecule has 0 aliphatic carbocycles. The summed E-state index contributed by atoms with van der Waals surface area (Å²) in [5.74, 6) is 0. The van der Waals surface area contributed by atoms with Crippen molar-refractivity contribution in [2.45, 2.75) is 27.2 Å². The standard InChI is InChI=1S/C7H14F/c1-7(2,3)5-4-6-8/h5H,4,6H2,1-3H3. The van der Waals surface area contributed by atoms with Crippen LogP contribution >= 0.6 is 0 Å². The lowest BCUT2D eigenvalue weighted by Crippen LogP contribution is -2.05. The van der Waals surface area contributed by atoms with Crippen LogP contribution in [0.4, 0.5) is 4.39 Å². The van der Waals surface area contributed by atoms with Crippen molar-refractivity contribution in [2.24, 2.45) is 5.41 Å². The molecule has 0 unspecified atom stereocenters. The second-order valence-corrected chi connectivity index (χ2v) is 3.05. The summed E-state index contributed by atoms with van der Waals surface area (Å²) in [4.78, 5) is 0. The Balaban J connectivity index is 3.11. The molecule has 1 radical (unpaired) electrons. The van der Waals surface area contributed by atoms with Crippen LogP contribution in [0.1, 0.15) is 27.2 Å². The van der Waals surface area contributed by atoms with E-state index >= 15 is 0 Å². The summed E-state index contributed by atoms with van der Waals surface area (Å²) in [5.41, 5.74) is 0.187. The number of halogens is 1. The van der Waals surface area contributed by atoms with Gasteiger partial charge in [-0.3, -0.25) is 4.39 Å². The molecular formula is C7H14F. The lowest BCUT2D eigenvalue weighted by molar-refractivity contribution is 0.422. The predicted molar refractivity (Wildman–Crippen MR) is 34.3 cm³/mol. The molecular weight excluding hydrogens is 103 g/mol. The maximum Gasteiger partial charge on any atom is 0.0897 e. The average Bonchev–Trinajstić information content (AvgIpc) is 1.59. The molecule has 0 rings (SSSR count). The minimum absolute atomic E-state index is 0.187. The van der Waals surface area contributed by atoms with Crippen LogP contribution in [0, 0.1) is 11.8 Å². The van der Waals surface area contributed by atoms with Crippen LogP contribution < -0.4 is 0 Å². The Hall–Kier alpha value is -0.0700. The molecule has 0 aromatic rings. The minimum atomic E-state index is -0.225. The van der Waals surface area contributed by atoms with Gasteiger partial charge in [0.2, 0.25) is 0 Å². The molecule has 0 aromatic carbocycles. The Morgan fingerprint density at radius 2 is 1.88 bits per heavy atom. The van der Waals surface area contributed by atoms with Gasteiger partial charge in [0, 0.05) is 0 Å². The molecule has 0 aliphatic heterocycles. The van der Waals surface area contributed by atoms with Crippen molar-refractivity contribution < 1.29 is 4.39 Å². The van der Waals surface area contributed by atoms with Crippen molar-refractivity contribution in [3.63, 3.8) is 0 Å². The Labute approximate surface area is 51.1 Å². The van der Waals surface area contributed by atoms with E-state index in [4.69, 9.17) is 0 Å². The first-order valence-electron chi connectivity index (χ1n) is 2.96. The summed E-state index contributed by atoms with van der Waals surface area (Å²) in [6.45, 7) is 5.99. The third kappa shape index (κ3) is 5.93. The molecule has 0 fully saturated rings. The molecule has 0 amide bonds. The summed E-state index contributed by atoms with van der Waals surface area (Å²) < 4.78 is 11.5. The third-order valence-corrected chi connectivity index (χ3v) is 0.866. The molecule has 0 aliphatic rings. The van der Waals surface area contributed by atoms with E-state index in [-0.39, 0.29) is 12.1 Å². The Kier molecular flexibility index (Phi) is 3.03. The summed E-state index contributed by atoms with van der Waals surface area (Å²) in [6, 6.07) is 0. The van der Waals surface area contributed by atoms with Crippen molar-refractivity contribution in [2.75, 3.05) is 6.67 Å². The normalized spacial score (nSPS) is 12.0. The fourth-order valence-corrected chi connectivity index (χ4v) is 0.488. The van der Waals surface area contributed by atoms with E-state index in [1.165, 1.54) is 0 Å². The van der Waals surface area contributed by atoms with Gasteiger partial charge < -0.3 is 0 Å². The topological polar surface area (TPSA) is 0 Å². The van der Waals surface area contributed by atoms with E-state index in [1.54, 1.807) is 0 Å². The summed E-state index contributed by atoms with van der Waals surface area (Å²) in [7, 11) is 0. The zero-order chi connectivity index (χ0) is 6.62. The van der Waals surface area contributed by atoms with E-state index in [1.807, 2.05) is 6.42 Å². The lowest BCUT2D eigenvalue weighted by atomic mass is 9.91. The monoisotopic (exact) mass is 117 g/mol. The second-order valence-electron chi connectivity index (χ2n) is 3.05. The van der Waals surface area contributed by atoms with E-state index in [9.17, 15) is 4.39 Å². The fraction of sp³-hybridized carbons (Fsp3) is 0.857. The molecule has 0 saturated heterocycles. The fourth-order valence-electron chi connectivity index (χ4n) is 0.488. The highest BCUT2D eigenvalue weighted by molar-refractivity contribution is 4.79. The molecule has 0 spiro atoms. The summed E-state index contributed by atoms with van der Waals surface area (Å²) >= 11 is 0. The van der Waals surface area contributed by atoms with Gasteiger partial charge in [0.15, 0.2) is 0 Å². The van der Waals surface area contributed by atoms with Crippen molar-refractivity contribution in [3.8, 4) is 0 Å². The molecule has 1 heteroatoms. The van der Waals surface area contributed by atoms with Gasteiger partial charge in [0.25, 0.3) is 0 Å². The van der Waals surface area contributed by atoms with Crippen LogP contribution in [0.3, 0.4) is 0 Å². The number of rotatable bonds is 2. The van der Waals surface area contributed by atoms with Gasteiger partial charge in [-0.15, -0.1) is 0 Å². The Morgan fingerprint density at radius 3 is 2.00 bits per heavy atom. The van der Waals surface area contributed by atoms with Crippen LogP contribution in [0.2, 0.25) is 0 Å². The van der Waals surface area contributed by atoms with Gasteiger partial charge in [0.1, 0.15) is 0 Å². The molecule has 0 bridgehead atoms. The van der Waals surface area contributed by atoms with E-state index < -0.39 is 0 Å². The molecule has 0 aromatic heterocycles. The number of hydrogen-bond donors (Lipinski definition) is 0. The van der Waals surface area contributed by atoms with Gasteiger partial charge in [-0.05, 0) is 18.3 Å². The molecule has 0 N–H and O–H groups in total. The molecule has 0 nitrogen and oxygen atoms in total. The zero-order valence-corrected chi connectivity index (χ0v) is 5.87. The Bertz CT molecular complexity index is 51.9. The molecule has 0 saturated carbocycles. The van der Waals surface area contributed by atoms with Gasteiger partial charge >= 0.3 is 0 Å². The third-order valence-electron chi connectivity index (χ3n) is 0.866. The first-order chi connectivity index (χ1) is 3.56. The maximum absolute atomic E-state index is 11.5. The first kappa shape index (κ1) is 7.93. The highest BCUT2D eigenvalue weighted by atomic mass is 19.1. The van der Waals surface area contributed by atoms with Crippen LogP contribution in [0.5, 0.6) is 0 Å². The summed E-state index contributed by atoms with van der Waals surface area (Å²) in [5, 5.41) is 0. The van der Waals surface area contributed by atoms with Gasteiger partial charge in [-0.1, -0.05) is 20.8 Å². The number of alkyl halides is 1. The molecule has 0 atom stereocenters. The van der Waals surface area contributed by atoms with Gasteiger partial charge in [-0.2, -0.15) is 0 Å².